The lowest BCUT2D eigenvalue weighted by Gasteiger charge is -2.33. The number of carbonyl (C=O) groups excluding carboxylic acids is 2. The van der Waals surface area contributed by atoms with Gasteiger partial charge in [0.05, 0.1) is 18.6 Å². The summed E-state index contributed by atoms with van der Waals surface area (Å²) in [6.45, 7) is 6.54. The molecule has 0 heterocycles. The van der Waals surface area contributed by atoms with Crippen LogP contribution in [0.3, 0.4) is 0 Å². The summed E-state index contributed by atoms with van der Waals surface area (Å²) in [4.78, 5) is 29.2. The monoisotopic (exact) mass is 579 g/mol. The average Bonchev–Trinajstić information content (AvgIpc) is 2.94. The molecule has 0 saturated heterocycles. The average molecular weight is 580 g/mol. The van der Waals surface area contributed by atoms with Crippen molar-refractivity contribution in [1.29, 1.82) is 0 Å². The molecule has 1 unspecified atom stereocenters. The van der Waals surface area contributed by atoms with Crippen LogP contribution < -0.4 is 14.4 Å². The number of unbranched alkanes of at least 4 members (excludes halogenated alkanes) is 1. The van der Waals surface area contributed by atoms with E-state index in [1.165, 1.54) is 4.90 Å². The van der Waals surface area contributed by atoms with Gasteiger partial charge in [-0.1, -0.05) is 73.5 Å². The summed E-state index contributed by atoms with van der Waals surface area (Å²) in [5.74, 6) is -0.142. The van der Waals surface area contributed by atoms with Gasteiger partial charge in [-0.15, -0.1) is 0 Å². The molecule has 0 aliphatic heterocycles. The van der Waals surface area contributed by atoms with Crippen LogP contribution in [0, 0.1) is 6.92 Å². The molecule has 0 spiro atoms. The SMILES string of the molecule is CCCCNC(=O)C(Cc1ccccc1)N(Cc1cccc(C)c1)C(=O)CN(c1ccc(OCC)cc1)S(C)(=O)=O. The van der Waals surface area contributed by atoms with Gasteiger partial charge < -0.3 is 15.0 Å². The zero-order valence-electron chi connectivity index (χ0n) is 24.4. The molecule has 0 saturated carbocycles. The lowest BCUT2D eigenvalue weighted by molar-refractivity contribution is -0.140. The minimum atomic E-state index is -3.83. The summed E-state index contributed by atoms with van der Waals surface area (Å²) in [5.41, 5.74) is 3.11. The molecule has 0 bridgehead atoms. The van der Waals surface area contributed by atoms with E-state index in [-0.39, 0.29) is 18.9 Å². The van der Waals surface area contributed by atoms with Crippen LogP contribution >= 0.6 is 0 Å². The number of nitrogens with zero attached hydrogens (tertiary/aromatic N) is 2. The van der Waals surface area contributed by atoms with Crippen molar-refractivity contribution >= 4 is 27.5 Å². The largest absolute Gasteiger partial charge is 0.494 e. The van der Waals surface area contributed by atoms with Crippen molar-refractivity contribution in [1.82, 2.24) is 10.2 Å². The van der Waals surface area contributed by atoms with Gasteiger partial charge in [-0.2, -0.15) is 0 Å². The minimum Gasteiger partial charge on any atom is -0.494 e. The molecule has 0 radical (unpaired) electrons. The highest BCUT2D eigenvalue weighted by molar-refractivity contribution is 7.92. The maximum atomic E-state index is 14.1. The van der Waals surface area contributed by atoms with Gasteiger partial charge in [-0.05, 0) is 55.7 Å². The number of ether oxygens (including phenoxy) is 1. The fraction of sp³-hybridized carbons (Fsp3) is 0.375. The molecule has 0 aliphatic rings. The number of hydrogen-bond donors (Lipinski definition) is 1. The molecule has 220 valence electrons. The Kier molecular flexibility index (Phi) is 11.8. The van der Waals surface area contributed by atoms with Gasteiger partial charge in [-0.3, -0.25) is 13.9 Å². The van der Waals surface area contributed by atoms with E-state index in [2.05, 4.69) is 5.32 Å². The maximum Gasteiger partial charge on any atom is 0.244 e. The second-order valence-corrected chi connectivity index (χ2v) is 12.0. The van der Waals surface area contributed by atoms with Crippen molar-refractivity contribution in [3.63, 3.8) is 0 Å². The Hall–Kier alpha value is -3.85. The molecule has 3 aromatic rings. The Labute approximate surface area is 244 Å². The molecular weight excluding hydrogens is 538 g/mol. The van der Waals surface area contributed by atoms with E-state index in [1.807, 2.05) is 75.4 Å². The Morgan fingerprint density at radius 1 is 0.927 bits per heavy atom. The fourth-order valence-electron chi connectivity index (χ4n) is 4.56. The first-order valence-electron chi connectivity index (χ1n) is 14.0. The molecule has 1 N–H and O–H groups in total. The summed E-state index contributed by atoms with van der Waals surface area (Å²) >= 11 is 0. The van der Waals surface area contributed by atoms with Gasteiger partial charge in [0.2, 0.25) is 21.8 Å². The predicted octanol–water partition coefficient (Wildman–Crippen LogP) is 4.72. The molecule has 0 aromatic heterocycles. The van der Waals surface area contributed by atoms with E-state index in [4.69, 9.17) is 4.74 Å². The second kappa shape index (κ2) is 15.2. The smallest absolute Gasteiger partial charge is 0.244 e. The van der Waals surface area contributed by atoms with E-state index in [0.717, 1.165) is 40.1 Å². The Bertz CT molecular complexity index is 1380. The second-order valence-electron chi connectivity index (χ2n) is 10.1. The third kappa shape index (κ3) is 9.63. The molecule has 0 fully saturated rings. The molecule has 3 aromatic carbocycles. The summed E-state index contributed by atoms with van der Waals surface area (Å²) in [6.07, 6.45) is 3.09. The first-order valence-corrected chi connectivity index (χ1v) is 15.8. The van der Waals surface area contributed by atoms with Crippen LogP contribution in [0.1, 0.15) is 43.4 Å². The van der Waals surface area contributed by atoms with E-state index in [1.54, 1.807) is 24.3 Å². The van der Waals surface area contributed by atoms with Gasteiger partial charge in [0.25, 0.3) is 0 Å². The van der Waals surface area contributed by atoms with E-state index in [9.17, 15) is 18.0 Å². The molecule has 1 atom stereocenters. The number of benzene rings is 3. The highest BCUT2D eigenvalue weighted by atomic mass is 32.2. The normalized spacial score (nSPS) is 11.9. The maximum absolute atomic E-state index is 14.1. The third-order valence-corrected chi connectivity index (χ3v) is 7.79. The number of amides is 2. The predicted molar refractivity (Wildman–Crippen MR) is 163 cm³/mol. The highest BCUT2D eigenvalue weighted by Gasteiger charge is 2.33. The Morgan fingerprint density at radius 2 is 1.61 bits per heavy atom. The Balaban J connectivity index is 2.01. The van der Waals surface area contributed by atoms with Gasteiger partial charge >= 0.3 is 0 Å². The summed E-state index contributed by atoms with van der Waals surface area (Å²) < 4.78 is 32.4. The van der Waals surface area contributed by atoms with Crippen LogP contribution in [-0.4, -0.2) is 57.1 Å². The number of carbonyl (C=O) groups is 2. The Morgan fingerprint density at radius 3 is 2.22 bits per heavy atom. The fourth-order valence-corrected chi connectivity index (χ4v) is 5.41. The van der Waals surface area contributed by atoms with E-state index >= 15 is 0 Å². The van der Waals surface area contributed by atoms with Gasteiger partial charge in [-0.25, -0.2) is 8.42 Å². The van der Waals surface area contributed by atoms with Crippen molar-refractivity contribution in [3.8, 4) is 5.75 Å². The lowest BCUT2D eigenvalue weighted by atomic mass is 10.0. The van der Waals surface area contributed by atoms with Crippen molar-refractivity contribution in [2.45, 2.75) is 52.6 Å². The van der Waals surface area contributed by atoms with Crippen molar-refractivity contribution in [3.05, 3.63) is 95.6 Å². The molecular formula is C32H41N3O5S. The first kappa shape index (κ1) is 31.7. The van der Waals surface area contributed by atoms with Gasteiger partial charge in [0, 0.05) is 19.5 Å². The number of hydrogen-bond acceptors (Lipinski definition) is 5. The van der Waals surface area contributed by atoms with Crippen LogP contribution in [0.5, 0.6) is 5.75 Å². The van der Waals surface area contributed by atoms with Crippen LogP contribution in [0.15, 0.2) is 78.9 Å². The van der Waals surface area contributed by atoms with E-state index in [0.29, 0.717) is 24.6 Å². The quantitative estimate of drug-likeness (QED) is 0.263. The molecule has 9 heteroatoms. The van der Waals surface area contributed by atoms with Gasteiger partial charge in [0.1, 0.15) is 18.3 Å². The molecule has 8 nitrogen and oxygen atoms in total. The summed E-state index contributed by atoms with van der Waals surface area (Å²) in [6, 6.07) is 23.0. The van der Waals surface area contributed by atoms with Crippen molar-refractivity contribution < 1.29 is 22.7 Å². The molecule has 0 aliphatic carbocycles. The van der Waals surface area contributed by atoms with Crippen LogP contribution in [0.25, 0.3) is 0 Å². The molecule has 2 amide bonds. The number of anilines is 1. The topological polar surface area (TPSA) is 96.0 Å². The van der Waals surface area contributed by atoms with Crippen LogP contribution in [0.2, 0.25) is 0 Å². The summed E-state index contributed by atoms with van der Waals surface area (Å²) in [7, 11) is -3.83. The zero-order valence-corrected chi connectivity index (χ0v) is 25.2. The number of aryl methyl sites for hydroxylation is 1. The minimum absolute atomic E-state index is 0.153. The van der Waals surface area contributed by atoms with Crippen LogP contribution in [-0.2, 0) is 32.6 Å². The van der Waals surface area contributed by atoms with E-state index < -0.39 is 28.5 Å². The summed E-state index contributed by atoms with van der Waals surface area (Å²) in [5, 5.41) is 2.99. The zero-order chi connectivity index (χ0) is 29.8. The number of rotatable bonds is 15. The van der Waals surface area contributed by atoms with Crippen molar-refractivity contribution in [2.24, 2.45) is 0 Å². The van der Waals surface area contributed by atoms with Crippen LogP contribution in [0.4, 0.5) is 5.69 Å². The standard InChI is InChI=1S/C32H41N3O5S/c1-5-7-20-33-32(37)30(22-26-13-9-8-10-14-26)34(23-27-15-11-12-25(3)21-27)31(36)24-35(41(4,38)39)28-16-18-29(19-17-28)40-6-2/h8-19,21,30H,5-7,20,22-24H2,1-4H3,(H,33,37). The van der Waals surface area contributed by atoms with Gasteiger partial charge in [0.15, 0.2) is 0 Å². The van der Waals surface area contributed by atoms with Crippen molar-refractivity contribution in [2.75, 3.05) is 30.3 Å². The highest BCUT2D eigenvalue weighted by Crippen LogP contribution is 2.23. The lowest BCUT2D eigenvalue weighted by Crippen LogP contribution is -2.53. The first-order chi connectivity index (χ1) is 19.6. The molecule has 3 rings (SSSR count). The number of sulfonamides is 1. The third-order valence-electron chi connectivity index (χ3n) is 6.65. The molecule has 41 heavy (non-hydrogen) atoms. The number of nitrogens with one attached hydrogen (secondary N) is 1.